The van der Waals surface area contributed by atoms with E-state index in [0.29, 0.717) is 0 Å². The molecule has 0 atom stereocenters. The van der Waals surface area contributed by atoms with Crippen molar-refractivity contribution in [3.8, 4) is 5.75 Å². The number of hydrogen-bond donors (Lipinski definition) is 1. The Kier molecular flexibility index (Phi) is 5.36. The van der Waals surface area contributed by atoms with Gasteiger partial charge < -0.3 is 10.1 Å². The number of ether oxygens (including phenoxy) is 1. The lowest BCUT2D eigenvalue weighted by atomic mass is 10.2. The average Bonchev–Trinajstić information content (AvgIpc) is 2.39. The van der Waals surface area contributed by atoms with Gasteiger partial charge in [0.25, 0.3) is 0 Å². The second kappa shape index (κ2) is 6.80. The molecule has 3 nitrogen and oxygen atoms in total. The summed E-state index contributed by atoms with van der Waals surface area (Å²) in [7, 11) is 1.72. The fourth-order valence-corrected chi connectivity index (χ4v) is 3.64. The number of thioether (sulfide) groups is 1. The van der Waals surface area contributed by atoms with Gasteiger partial charge in [-0.3, -0.25) is 4.90 Å². The van der Waals surface area contributed by atoms with E-state index in [1.165, 1.54) is 10.5 Å². The maximum atomic E-state index is 5.42. The summed E-state index contributed by atoms with van der Waals surface area (Å²) in [5, 5.41) is 3.38. The maximum absolute atomic E-state index is 5.42. The third-order valence-electron chi connectivity index (χ3n) is 3.11. The van der Waals surface area contributed by atoms with Crippen molar-refractivity contribution in [1.29, 1.82) is 0 Å². The fraction of sp³-hybridized carbons (Fsp3) is 0.538. The van der Waals surface area contributed by atoms with Gasteiger partial charge in [0.05, 0.1) is 16.5 Å². The van der Waals surface area contributed by atoms with Crippen molar-refractivity contribution in [1.82, 2.24) is 10.2 Å². The van der Waals surface area contributed by atoms with Gasteiger partial charge in [0.1, 0.15) is 5.75 Å². The Balaban J connectivity index is 2.15. The number of rotatable bonds is 4. The van der Waals surface area contributed by atoms with Crippen LogP contribution in [0.2, 0.25) is 0 Å². The average molecular weight is 331 g/mol. The summed E-state index contributed by atoms with van der Waals surface area (Å²) < 4.78 is 6.46. The number of benzene rings is 1. The van der Waals surface area contributed by atoms with Gasteiger partial charge in [-0.2, -0.15) is 0 Å². The van der Waals surface area contributed by atoms with Crippen LogP contribution in [0.4, 0.5) is 0 Å². The fourth-order valence-electron chi connectivity index (χ4n) is 2.19. The molecule has 0 amide bonds. The lowest BCUT2D eigenvalue weighted by Crippen LogP contribution is -2.42. The Hall–Kier alpha value is -0.230. The van der Waals surface area contributed by atoms with Crippen LogP contribution < -0.4 is 10.1 Å². The summed E-state index contributed by atoms with van der Waals surface area (Å²) in [5.74, 6) is 0.937. The first kappa shape index (κ1) is 14.2. The zero-order valence-electron chi connectivity index (χ0n) is 10.8. The molecule has 0 unspecified atom stereocenters. The van der Waals surface area contributed by atoms with Crippen LogP contribution in [0.1, 0.15) is 5.56 Å². The molecule has 0 aromatic heterocycles. The highest BCUT2D eigenvalue weighted by Crippen LogP contribution is 2.36. The molecule has 1 N–H and O–H groups in total. The van der Waals surface area contributed by atoms with Crippen LogP contribution in [0.3, 0.4) is 0 Å². The summed E-state index contributed by atoms with van der Waals surface area (Å²) >= 11 is 5.32. The second-order valence-electron chi connectivity index (χ2n) is 4.34. The van der Waals surface area contributed by atoms with Gasteiger partial charge in [-0.1, -0.05) is 0 Å². The molecule has 0 spiro atoms. The monoisotopic (exact) mass is 330 g/mol. The van der Waals surface area contributed by atoms with Crippen LogP contribution in [0.15, 0.2) is 21.5 Å². The Morgan fingerprint density at radius 3 is 2.72 bits per heavy atom. The van der Waals surface area contributed by atoms with E-state index in [1.807, 2.05) is 0 Å². The van der Waals surface area contributed by atoms with Crippen molar-refractivity contribution in [3.05, 3.63) is 22.2 Å². The molecular formula is C13H19BrN2OS. The minimum absolute atomic E-state index is 0.937. The quantitative estimate of drug-likeness (QED) is 0.857. The largest absolute Gasteiger partial charge is 0.494 e. The molecule has 1 heterocycles. The molecule has 100 valence electrons. The Morgan fingerprint density at radius 2 is 2.11 bits per heavy atom. The third-order valence-corrected chi connectivity index (χ3v) is 4.44. The highest BCUT2D eigenvalue weighted by Gasteiger charge is 2.13. The van der Waals surface area contributed by atoms with Crippen molar-refractivity contribution in [2.24, 2.45) is 0 Å². The van der Waals surface area contributed by atoms with Crippen molar-refractivity contribution in [2.75, 3.05) is 39.5 Å². The number of hydrogen-bond acceptors (Lipinski definition) is 4. The number of methoxy groups -OCH3 is 1. The molecule has 1 aliphatic heterocycles. The van der Waals surface area contributed by atoms with Crippen molar-refractivity contribution in [2.45, 2.75) is 11.4 Å². The maximum Gasteiger partial charge on any atom is 0.146 e. The van der Waals surface area contributed by atoms with E-state index in [2.05, 4.69) is 44.5 Å². The molecule has 1 aromatic carbocycles. The predicted molar refractivity (Wildman–Crippen MR) is 80.6 cm³/mol. The zero-order valence-corrected chi connectivity index (χ0v) is 13.2. The van der Waals surface area contributed by atoms with Crippen LogP contribution in [-0.2, 0) is 6.54 Å². The SMILES string of the molecule is COc1c(Br)cc(CN2CCNCC2)cc1SC. The number of piperazine rings is 1. The molecule has 1 aromatic rings. The lowest BCUT2D eigenvalue weighted by Gasteiger charge is -2.27. The molecule has 18 heavy (non-hydrogen) atoms. The minimum atomic E-state index is 0.937. The van der Waals surface area contributed by atoms with Gasteiger partial charge in [0.15, 0.2) is 0 Å². The van der Waals surface area contributed by atoms with E-state index in [9.17, 15) is 0 Å². The molecule has 0 aliphatic carbocycles. The summed E-state index contributed by atoms with van der Waals surface area (Å²) in [4.78, 5) is 3.67. The van der Waals surface area contributed by atoms with Gasteiger partial charge in [-0.25, -0.2) is 0 Å². The van der Waals surface area contributed by atoms with Gasteiger partial charge in [-0.05, 0) is 39.9 Å². The Labute approximate surface area is 121 Å². The molecule has 5 heteroatoms. The number of nitrogens with one attached hydrogen (secondary N) is 1. The van der Waals surface area contributed by atoms with Gasteiger partial charge >= 0.3 is 0 Å². The number of halogens is 1. The van der Waals surface area contributed by atoms with Crippen molar-refractivity contribution >= 4 is 27.7 Å². The predicted octanol–water partition coefficient (Wildman–Crippen LogP) is 2.58. The molecule has 0 radical (unpaired) electrons. The van der Waals surface area contributed by atoms with E-state index >= 15 is 0 Å². The first-order valence-electron chi connectivity index (χ1n) is 6.08. The summed E-state index contributed by atoms with van der Waals surface area (Å²) in [5.41, 5.74) is 1.34. The van der Waals surface area contributed by atoms with E-state index in [4.69, 9.17) is 4.74 Å². The van der Waals surface area contributed by atoms with E-state index in [1.54, 1.807) is 18.9 Å². The molecule has 1 saturated heterocycles. The Bertz CT molecular complexity index is 408. The van der Waals surface area contributed by atoms with Gasteiger partial charge in [-0.15, -0.1) is 11.8 Å². The van der Waals surface area contributed by atoms with Crippen molar-refractivity contribution in [3.63, 3.8) is 0 Å². The summed E-state index contributed by atoms with van der Waals surface area (Å²) in [6.45, 7) is 5.44. The molecular weight excluding hydrogens is 312 g/mol. The molecule has 1 aliphatic rings. The van der Waals surface area contributed by atoms with Gasteiger partial charge in [0.2, 0.25) is 0 Å². The Morgan fingerprint density at radius 1 is 1.39 bits per heavy atom. The van der Waals surface area contributed by atoms with Crippen LogP contribution in [0.5, 0.6) is 5.75 Å². The normalized spacial score (nSPS) is 16.8. The molecule has 0 saturated carbocycles. The smallest absolute Gasteiger partial charge is 0.146 e. The first-order chi connectivity index (χ1) is 8.74. The van der Waals surface area contributed by atoms with Crippen LogP contribution in [0.25, 0.3) is 0 Å². The third kappa shape index (κ3) is 3.41. The lowest BCUT2D eigenvalue weighted by molar-refractivity contribution is 0.233. The van der Waals surface area contributed by atoms with E-state index in [-0.39, 0.29) is 0 Å². The van der Waals surface area contributed by atoms with E-state index < -0.39 is 0 Å². The first-order valence-corrected chi connectivity index (χ1v) is 8.10. The van der Waals surface area contributed by atoms with Crippen LogP contribution in [-0.4, -0.2) is 44.4 Å². The topological polar surface area (TPSA) is 24.5 Å². The van der Waals surface area contributed by atoms with Gasteiger partial charge in [0, 0.05) is 32.7 Å². The molecule has 0 bridgehead atoms. The molecule has 2 rings (SSSR count). The zero-order chi connectivity index (χ0) is 13.0. The highest BCUT2D eigenvalue weighted by atomic mass is 79.9. The summed E-state index contributed by atoms with van der Waals surface area (Å²) in [6, 6.07) is 4.40. The standard InChI is InChI=1S/C13H19BrN2OS/c1-17-13-11(14)7-10(8-12(13)18-2)9-16-5-3-15-4-6-16/h7-8,15H,3-6,9H2,1-2H3. The second-order valence-corrected chi connectivity index (χ2v) is 6.04. The van der Waals surface area contributed by atoms with Crippen molar-refractivity contribution < 1.29 is 4.74 Å². The molecule has 1 fully saturated rings. The summed E-state index contributed by atoms with van der Waals surface area (Å²) in [6.07, 6.45) is 2.08. The van der Waals surface area contributed by atoms with E-state index in [0.717, 1.165) is 42.9 Å². The highest BCUT2D eigenvalue weighted by molar-refractivity contribution is 9.10. The van der Waals surface area contributed by atoms with Crippen LogP contribution in [0, 0.1) is 0 Å². The van der Waals surface area contributed by atoms with Crippen LogP contribution >= 0.6 is 27.7 Å². The minimum Gasteiger partial charge on any atom is -0.494 e. The number of nitrogens with zero attached hydrogens (tertiary/aromatic N) is 1.